The second kappa shape index (κ2) is 13.7. The van der Waals surface area contributed by atoms with E-state index in [1.54, 1.807) is 23.1 Å². The van der Waals surface area contributed by atoms with E-state index in [9.17, 15) is 9.59 Å². The van der Waals surface area contributed by atoms with Crippen molar-refractivity contribution in [1.82, 2.24) is 10.2 Å². The molecule has 6 heteroatoms. The molecule has 0 aromatic heterocycles. The number of rotatable bonds is 10. The van der Waals surface area contributed by atoms with Crippen molar-refractivity contribution in [2.24, 2.45) is 0 Å². The highest BCUT2D eigenvalue weighted by Gasteiger charge is 2.32. The number of amides is 2. The van der Waals surface area contributed by atoms with Crippen LogP contribution >= 0.6 is 23.2 Å². The SMILES string of the molecule is CC(C)(C)c1ccc(CCC(=O)N(Cc2c(Cl)cccc2Cl)[C@@H](Cc2ccccc2)C(=O)NC2CCCC2)cc1. The fourth-order valence-electron chi connectivity index (χ4n) is 5.34. The Hall–Kier alpha value is -2.82. The van der Waals surface area contributed by atoms with Crippen molar-refractivity contribution in [2.45, 2.75) is 89.8 Å². The van der Waals surface area contributed by atoms with Crippen LogP contribution in [0.4, 0.5) is 0 Å². The van der Waals surface area contributed by atoms with Gasteiger partial charge in [-0.3, -0.25) is 9.59 Å². The van der Waals surface area contributed by atoms with Crippen LogP contribution in [0.15, 0.2) is 72.8 Å². The standard InChI is InChI=1S/C34H40Cl2N2O2/c1-34(2,3)26-19-16-24(17-20-26)18-21-32(39)38(23-28-29(35)14-9-15-30(28)36)31(22-25-10-5-4-6-11-25)33(40)37-27-12-7-8-13-27/h4-6,9-11,14-17,19-20,27,31H,7-8,12-13,18,21-23H2,1-3H3,(H,37,40)/t31-/m0/s1. The van der Waals surface area contributed by atoms with Gasteiger partial charge in [-0.25, -0.2) is 0 Å². The quantitative estimate of drug-likeness (QED) is 0.265. The lowest BCUT2D eigenvalue weighted by Gasteiger charge is -2.33. The average molecular weight is 580 g/mol. The first kappa shape index (κ1) is 30.1. The van der Waals surface area contributed by atoms with E-state index < -0.39 is 6.04 Å². The molecule has 0 bridgehead atoms. The number of hydrogen-bond donors (Lipinski definition) is 1. The molecule has 1 saturated carbocycles. The van der Waals surface area contributed by atoms with Gasteiger partial charge in [-0.2, -0.15) is 0 Å². The molecule has 0 aliphatic heterocycles. The van der Waals surface area contributed by atoms with Crippen LogP contribution in [0.3, 0.4) is 0 Å². The monoisotopic (exact) mass is 578 g/mol. The Morgan fingerprint density at radius 1 is 0.875 bits per heavy atom. The zero-order valence-corrected chi connectivity index (χ0v) is 25.3. The largest absolute Gasteiger partial charge is 0.352 e. The van der Waals surface area contributed by atoms with Gasteiger partial charge < -0.3 is 10.2 Å². The Balaban J connectivity index is 1.62. The first-order valence-electron chi connectivity index (χ1n) is 14.3. The molecule has 2 amide bonds. The Kier molecular flexibility index (Phi) is 10.3. The summed E-state index contributed by atoms with van der Waals surface area (Å²) in [5.41, 5.74) is 4.06. The lowest BCUT2D eigenvalue weighted by molar-refractivity contribution is -0.141. The number of nitrogens with one attached hydrogen (secondary N) is 1. The van der Waals surface area contributed by atoms with Gasteiger partial charge in [0.1, 0.15) is 6.04 Å². The van der Waals surface area contributed by atoms with E-state index in [1.807, 2.05) is 30.3 Å². The van der Waals surface area contributed by atoms with Crippen LogP contribution in [0.2, 0.25) is 10.0 Å². The molecular weight excluding hydrogens is 539 g/mol. The molecule has 0 radical (unpaired) electrons. The minimum Gasteiger partial charge on any atom is -0.352 e. The lowest BCUT2D eigenvalue weighted by Crippen LogP contribution is -2.52. The van der Waals surface area contributed by atoms with E-state index in [-0.39, 0.29) is 36.2 Å². The minimum absolute atomic E-state index is 0.0662. The molecule has 1 atom stereocenters. The third-order valence-corrected chi connectivity index (χ3v) is 8.52. The molecule has 0 saturated heterocycles. The van der Waals surface area contributed by atoms with E-state index in [0.29, 0.717) is 28.5 Å². The minimum atomic E-state index is -0.689. The summed E-state index contributed by atoms with van der Waals surface area (Å²) in [6.45, 7) is 6.72. The first-order chi connectivity index (χ1) is 19.1. The van der Waals surface area contributed by atoms with Crippen LogP contribution in [0.5, 0.6) is 0 Å². The Morgan fingerprint density at radius 2 is 1.50 bits per heavy atom. The van der Waals surface area contributed by atoms with E-state index in [2.05, 4.69) is 50.4 Å². The molecule has 3 aromatic rings. The second-order valence-electron chi connectivity index (χ2n) is 11.9. The summed E-state index contributed by atoms with van der Waals surface area (Å²) in [6.07, 6.45) is 5.43. The molecule has 0 heterocycles. The topological polar surface area (TPSA) is 49.4 Å². The van der Waals surface area contributed by atoms with Crippen molar-refractivity contribution >= 4 is 35.0 Å². The summed E-state index contributed by atoms with van der Waals surface area (Å²) in [4.78, 5) is 29.5. The van der Waals surface area contributed by atoms with Crippen molar-refractivity contribution in [1.29, 1.82) is 0 Å². The molecule has 4 rings (SSSR count). The molecular formula is C34H40Cl2N2O2. The first-order valence-corrected chi connectivity index (χ1v) is 15.0. The van der Waals surface area contributed by atoms with Gasteiger partial charge in [-0.15, -0.1) is 0 Å². The van der Waals surface area contributed by atoms with Crippen LogP contribution in [0.1, 0.15) is 75.1 Å². The predicted octanol–water partition coefficient (Wildman–Crippen LogP) is 7.92. The van der Waals surface area contributed by atoms with Crippen molar-refractivity contribution in [2.75, 3.05) is 0 Å². The van der Waals surface area contributed by atoms with Gasteiger partial charge in [-0.05, 0) is 53.5 Å². The maximum atomic E-state index is 14.0. The molecule has 1 aliphatic carbocycles. The highest BCUT2D eigenvalue weighted by Crippen LogP contribution is 2.28. The van der Waals surface area contributed by atoms with Gasteiger partial charge >= 0.3 is 0 Å². The molecule has 40 heavy (non-hydrogen) atoms. The number of halogens is 2. The smallest absolute Gasteiger partial charge is 0.243 e. The number of nitrogens with zero attached hydrogens (tertiary/aromatic N) is 1. The molecule has 4 nitrogen and oxygen atoms in total. The molecule has 212 valence electrons. The molecule has 0 spiro atoms. The molecule has 1 aliphatic rings. The number of hydrogen-bond acceptors (Lipinski definition) is 2. The Bertz CT molecular complexity index is 1260. The lowest BCUT2D eigenvalue weighted by atomic mass is 9.86. The maximum Gasteiger partial charge on any atom is 0.243 e. The van der Waals surface area contributed by atoms with Gasteiger partial charge in [0.2, 0.25) is 11.8 Å². The normalized spacial score (nSPS) is 14.6. The Labute approximate surface area is 249 Å². The average Bonchev–Trinajstić information content (AvgIpc) is 3.44. The number of aryl methyl sites for hydroxylation is 1. The number of benzene rings is 3. The Morgan fingerprint density at radius 3 is 2.10 bits per heavy atom. The summed E-state index contributed by atoms with van der Waals surface area (Å²) >= 11 is 13.1. The van der Waals surface area contributed by atoms with Gasteiger partial charge in [0.15, 0.2) is 0 Å². The second-order valence-corrected chi connectivity index (χ2v) is 12.7. The van der Waals surface area contributed by atoms with Gasteiger partial charge in [0.25, 0.3) is 0 Å². The van der Waals surface area contributed by atoms with Crippen LogP contribution < -0.4 is 5.32 Å². The van der Waals surface area contributed by atoms with Crippen molar-refractivity contribution in [3.8, 4) is 0 Å². The molecule has 3 aromatic carbocycles. The van der Waals surface area contributed by atoms with Gasteiger partial charge in [0.05, 0.1) is 0 Å². The van der Waals surface area contributed by atoms with Crippen LogP contribution in [-0.4, -0.2) is 28.8 Å². The molecule has 1 N–H and O–H groups in total. The fourth-order valence-corrected chi connectivity index (χ4v) is 5.86. The summed E-state index contributed by atoms with van der Waals surface area (Å²) < 4.78 is 0. The molecule has 1 fully saturated rings. The fraction of sp³-hybridized carbons (Fsp3) is 0.412. The summed E-state index contributed by atoms with van der Waals surface area (Å²) in [5, 5.41) is 4.21. The van der Waals surface area contributed by atoms with Gasteiger partial charge in [-0.1, -0.05) is 117 Å². The summed E-state index contributed by atoms with van der Waals surface area (Å²) in [5.74, 6) is -0.222. The predicted molar refractivity (Wildman–Crippen MR) is 165 cm³/mol. The zero-order chi connectivity index (χ0) is 28.7. The maximum absolute atomic E-state index is 14.0. The van der Waals surface area contributed by atoms with E-state index in [4.69, 9.17) is 23.2 Å². The zero-order valence-electron chi connectivity index (χ0n) is 23.8. The van der Waals surface area contributed by atoms with E-state index in [1.165, 1.54) is 5.56 Å². The number of carbonyl (C=O) groups is 2. The van der Waals surface area contributed by atoms with E-state index in [0.717, 1.165) is 36.8 Å². The third kappa shape index (κ3) is 8.11. The molecule has 0 unspecified atom stereocenters. The highest BCUT2D eigenvalue weighted by molar-refractivity contribution is 6.36. The van der Waals surface area contributed by atoms with Crippen LogP contribution in [0, 0.1) is 0 Å². The summed E-state index contributed by atoms with van der Waals surface area (Å²) in [7, 11) is 0. The third-order valence-electron chi connectivity index (χ3n) is 7.81. The van der Waals surface area contributed by atoms with Crippen molar-refractivity contribution < 1.29 is 9.59 Å². The number of carbonyl (C=O) groups excluding carboxylic acids is 2. The van der Waals surface area contributed by atoms with Gasteiger partial charge in [0, 0.05) is 41.0 Å². The van der Waals surface area contributed by atoms with Crippen LogP contribution in [-0.2, 0) is 34.4 Å². The van der Waals surface area contributed by atoms with Crippen molar-refractivity contribution in [3.63, 3.8) is 0 Å². The highest BCUT2D eigenvalue weighted by atomic mass is 35.5. The van der Waals surface area contributed by atoms with Crippen molar-refractivity contribution in [3.05, 3.63) is 105 Å². The van der Waals surface area contributed by atoms with E-state index >= 15 is 0 Å². The summed E-state index contributed by atoms with van der Waals surface area (Å²) in [6, 6.07) is 23.1. The van der Waals surface area contributed by atoms with Crippen LogP contribution in [0.25, 0.3) is 0 Å².